The van der Waals surface area contributed by atoms with Crippen molar-refractivity contribution in [3.63, 3.8) is 0 Å². The largest absolute Gasteiger partial charge is 0.497 e. The smallest absolute Gasteiger partial charge is 0.227 e. The first kappa shape index (κ1) is 21.3. The molecule has 0 saturated carbocycles. The molecule has 3 aromatic carbocycles. The molecule has 0 saturated heterocycles. The van der Waals surface area contributed by atoms with Crippen molar-refractivity contribution in [3.8, 4) is 17.1 Å². The summed E-state index contributed by atoms with van der Waals surface area (Å²) in [6.07, 6.45) is 0.266. The Morgan fingerprint density at radius 3 is 2.47 bits per heavy atom. The van der Waals surface area contributed by atoms with Gasteiger partial charge in [-0.3, -0.25) is 4.79 Å². The summed E-state index contributed by atoms with van der Waals surface area (Å²) in [5.74, 6) is 0.953. The fourth-order valence-corrected chi connectivity index (χ4v) is 3.42. The minimum Gasteiger partial charge on any atom is -0.497 e. The molecule has 0 spiro atoms. The van der Waals surface area contributed by atoms with Crippen LogP contribution < -0.4 is 4.74 Å². The van der Waals surface area contributed by atoms with Gasteiger partial charge in [-0.15, -0.1) is 0 Å². The van der Waals surface area contributed by atoms with Crippen LogP contribution in [0.3, 0.4) is 0 Å². The van der Waals surface area contributed by atoms with Crippen LogP contribution in [0, 0.1) is 5.82 Å². The lowest BCUT2D eigenvalue weighted by molar-refractivity contribution is -0.131. The van der Waals surface area contributed by atoms with Crippen molar-refractivity contribution in [3.05, 3.63) is 108 Å². The summed E-state index contributed by atoms with van der Waals surface area (Å²) < 4.78 is 24.1. The lowest BCUT2D eigenvalue weighted by Crippen LogP contribution is -2.31. The van der Waals surface area contributed by atoms with Crippen LogP contribution in [-0.4, -0.2) is 23.1 Å². The second kappa shape index (κ2) is 9.92. The van der Waals surface area contributed by atoms with Gasteiger partial charge < -0.3 is 14.2 Å². The van der Waals surface area contributed by atoms with Crippen molar-refractivity contribution in [2.45, 2.75) is 19.5 Å². The molecule has 162 valence electrons. The molecule has 0 unspecified atom stereocenters. The molecule has 1 heterocycles. The van der Waals surface area contributed by atoms with Crippen molar-refractivity contribution in [1.82, 2.24) is 10.1 Å². The maximum atomic E-state index is 13.3. The van der Waals surface area contributed by atoms with Crippen LogP contribution in [0.1, 0.15) is 16.8 Å². The number of carbonyl (C=O) groups excluding carboxylic acids is 1. The van der Waals surface area contributed by atoms with Crippen LogP contribution in [0.25, 0.3) is 11.3 Å². The first-order chi connectivity index (χ1) is 15.6. The van der Waals surface area contributed by atoms with Gasteiger partial charge in [0.2, 0.25) is 5.91 Å². The SMILES string of the molecule is COc1cccc(-c2cc(CN(Cc3ccc(F)cc3)C(=O)Cc3ccccc3)no2)c1. The summed E-state index contributed by atoms with van der Waals surface area (Å²) in [5.41, 5.74) is 3.23. The molecule has 0 aliphatic carbocycles. The highest BCUT2D eigenvalue weighted by atomic mass is 19.1. The van der Waals surface area contributed by atoms with Crippen LogP contribution in [0.5, 0.6) is 5.75 Å². The molecule has 4 aromatic rings. The molecular weight excluding hydrogens is 407 g/mol. The molecule has 0 bridgehead atoms. The fourth-order valence-electron chi connectivity index (χ4n) is 3.42. The zero-order valence-electron chi connectivity index (χ0n) is 17.7. The Hall–Kier alpha value is -3.93. The number of halogens is 1. The third kappa shape index (κ3) is 5.40. The number of amides is 1. The van der Waals surface area contributed by atoms with Crippen LogP contribution in [0.15, 0.2) is 89.5 Å². The van der Waals surface area contributed by atoms with Crippen LogP contribution in [-0.2, 0) is 24.3 Å². The molecule has 1 aromatic heterocycles. The van der Waals surface area contributed by atoms with Gasteiger partial charge in [-0.2, -0.15) is 0 Å². The number of hydrogen-bond donors (Lipinski definition) is 0. The normalized spacial score (nSPS) is 10.7. The van der Waals surface area contributed by atoms with Crippen molar-refractivity contribution in [2.24, 2.45) is 0 Å². The predicted molar refractivity (Wildman–Crippen MR) is 119 cm³/mol. The van der Waals surface area contributed by atoms with Crippen LogP contribution in [0.4, 0.5) is 4.39 Å². The number of carbonyl (C=O) groups is 1. The van der Waals surface area contributed by atoms with Gasteiger partial charge in [-0.1, -0.05) is 59.8 Å². The quantitative estimate of drug-likeness (QED) is 0.383. The standard InChI is InChI=1S/C26H23FN2O3/c1-31-24-9-5-8-21(15-24)25-16-23(28-32-25)18-29(17-20-10-12-22(27)13-11-20)26(30)14-19-6-3-2-4-7-19/h2-13,15-16H,14,17-18H2,1H3. The highest BCUT2D eigenvalue weighted by Crippen LogP contribution is 2.25. The molecule has 32 heavy (non-hydrogen) atoms. The second-order valence-corrected chi connectivity index (χ2v) is 7.45. The van der Waals surface area contributed by atoms with Crippen molar-refractivity contribution >= 4 is 5.91 Å². The van der Waals surface area contributed by atoms with E-state index in [-0.39, 0.29) is 24.7 Å². The third-order valence-electron chi connectivity index (χ3n) is 5.10. The lowest BCUT2D eigenvalue weighted by Gasteiger charge is -2.22. The molecule has 1 amide bonds. The van der Waals surface area contributed by atoms with Gasteiger partial charge >= 0.3 is 0 Å². The van der Waals surface area contributed by atoms with Crippen LogP contribution in [0.2, 0.25) is 0 Å². The van der Waals surface area contributed by atoms with E-state index in [1.807, 2.05) is 60.7 Å². The van der Waals surface area contributed by atoms with E-state index in [0.717, 1.165) is 22.4 Å². The van der Waals surface area contributed by atoms with E-state index < -0.39 is 0 Å². The number of ether oxygens (including phenoxy) is 1. The van der Waals surface area contributed by atoms with Gasteiger partial charge in [0.1, 0.15) is 17.3 Å². The Bertz CT molecular complexity index is 1170. The topological polar surface area (TPSA) is 55.6 Å². The number of benzene rings is 3. The Kier molecular flexibility index (Phi) is 6.60. The van der Waals surface area contributed by atoms with Crippen molar-refractivity contribution < 1.29 is 18.4 Å². The minimum absolute atomic E-state index is 0.0496. The monoisotopic (exact) mass is 430 g/mol. The molecule has 6 heteroatoms. The number of hydrogen-bond acceptors (Lipinski definition) is 4. The molecule has 0 radical (unpaired) electrons. The van der Waals surface area contributed by atoms with Crippen LogP contribution >= 0.6 is 0 Å². The van der Waals surface area contributed by atoms with E-state index in [2.05, 4.69) is 5.16 Å². The Labute approximate surface area is 186 Å². The Morgan fingerprint density at radius 1 is 0.938 bits per heavy atom. The molecule has 0 N–H and O–H groups in total. The van der Waals surface area contributed by atoms with Gasteiger partial charge in [0, 0.05) is 18.2 Å². The third-order valence-corrected chi connectivity index (χ3v) is 5.10. The minimum atomic E-state index is -0.310. The fraction of sp³-hybridized carbons (Fsp3) is 0.154. The molecular formula is C26H23FN2O3. The number of nitrogens with zero attached hydrogens (tertiary/aromatic N) is 2. The Balaban J connectivity index is 1.54. The highest BCUT2D eigenvalue weighted by molar-refractivity contribution is 5.78. The van der Waals surface area contributed by atoms with Gasteiger partial charge in [0.25, 0.3) is 0 Å². The van der Waals surface area contributed by atoms with E-state index in [1.165, 1.54) is 12.1 Å². The Morgan fingerprint density at radius 2 is 1.72 bits per heavy atom. The summed E-state index contributed by atoms with van der Waals surface area (Å²) in [6.45, 7) is 0.615. The summed E-state index contributed by atoms with van der Waals surface area (Å²) in [4.78, 5) is 14.8. The van der Waals surface area contributed by atoms with Gasteiger partial charge in [0.15, 0.2) is 5.76 Å². The van der Waals surface area contributed by atoms with E-state index in [4.69, 9.17) is 9.26 Å². The first-order valence-corrected chi connectivity index (χ1v) is 10.3. The van der Waals surface area contributed by atoms with Gasteiger partial charge in [-0.25, -0.2) is 4.39 Å². The van der Waals surface area contributed by atoms with Gasteiger partial charge in [0.05, 0.1) is 20.1 Å². The zero-order valence-corrected chi connectivity index (χ0v) is 17.7. The summed E-state index contributed by atoms with van der Waals surface area (Å²) in [7, 11) is 1.61. The zero-order chi connectivity index (χ0) is 22.3. The second-order valence-electron chi connectivity index (χ2n) is 7.45. The van der Waals surface area contributed by atoms with Crippen molar-refractivity contribution in [2.75, 3.05) is 7.11 Å². The molecule has 0 atom stereocenters. The highest BCUT2D eigenvalue weighted by Gasteiger charge is 2.18. The molecule has 4 rings (SSSR count). The maximum Gasteiger partial charge on any atom is 0.227 e. The predicted octanol–water partition coefficient (Wildman–Crippen LogP) is 5.26. The average molecular weight is 430 g/mol. The molecule has 0 aliphatic rings. The molecule has 5 nitrogen and oxygen atoms in total. The van der Waals surface area contributed by atoms with Crippen molar-refractivity contribution in [1.29, 1.82) is 0 Å². The van der Waals surface area contributed by atoms with E-state index in [1.54, 1.807) is 24.1 Å². The number of rotatable bonds is 8. The molecule has 0 fully saturated rings. The maximum absolute atomic E-state index is 13.3. The number of methoxy groups -OCH3 is 1. The number of aromatic nitrogens is 1. The summed E-state index contributed by atoms with van der Waals surface area (Å²) >= 11 is 0. The van der Waals surface area contributed by atoms with E-state index >= 15 is 0 Å². The van der Waals surface area contributed by atoms with E-state index in [0.29, 0.717) is 18.0 Å². The average Bonchev–Trinajstić information content (AvgIpc) is 3.29. The molecule has 0 aliphatic heterocycles. The van der Waals surface area contributed by atoms with E-state index in [9.17, 15) is 9.18 Å². The summed E-state index contributed by atoms with van der Waals surface area (Å²) in [5, 5.41) is 4.16. The lowest BCUT2D eigenvalue weighted by atomic mass is 10.1. The summed E-state index contributed by atoms with van der Waals surface area (Å²) in [6, 6.07) is 25.1. The first-order valence-electron chi connectivity index (χ1n) is 10.3. The van der Waals surface area contributed by atoms with Gasteiger partial charge in [-0.05, 0) is 35.4 Å².